The van der Waals surface area contributed by atoms with E-state index in [4.69, 9.17) is 4.43 Å². The third-order valence-electron chi connectivity index (χ3n) is 6.11. The zero-order valence-corrected chi connectivity index (χ0v) is 17.8. The normalized spacial score (nSPS) is 20.7. The van der Waals surface area contributed by atoms with Gasteiger partial charge in [0.1, 0.15) is 0 Å². The van der Waals surface area contributed by atoms with Gasteiger partial charge in [-0.3, -0.25) is 0 Å². The maximum atomic E-state index is 6.88. The van der Waals surface area contributed by atoms with Gasteiger partial charge in [-0.2, -0.15) is 0 Å². The van der Waals surface area contributed by atoms with Crippen molar-refractivity contribution in [3.63, 3.8) is 0 Å². The lowest BCUT2D eigenvalue weighted by Gasteiger charge is -2.41. The molecule has 0 radical (unpaired) electrons. The summed E-state index contributed by atoms with van der Waals surface area (Å²) in [6.07, 6.45) is 6.00. The van der Waals surface area contributed by atoms with Crippen LogP contribution in [0.1, 0.15) is 44.2 Å². The molecule has 138 valence electrons. The molecular formula is C24H32OSi. The highest BCUT2D eigenvalue weighted by molar-refractivity contribution is 6.74. The predicted molar refractivity (Wildman–Crippen MR) is 114 cm³/mol. The largest absolute Gasteiger partial charge is 0.413 e. The zero-order valence-electron chi connectivity index (χ0n) is 16.8. The number of rotatable bonds is 5. The monoisotopic (exact) mass is 364 g/mol. The molecule has 0 saturated heterocycles. The molecule has 1 aliphatic rings. The van der Waals surface area contributed by atoms with Crippen molar-refractivity contribution in [2.45, 2.75) is 57.3 Å². The molecule has 0 fully saturated rings. The molecule has 0 aliphatic heterocycles. The Bertz CT molecular complexity index is 688. The van der Waals surface area contributed by atoms with Crippen LogP contribution in [0.15, 0.2) is 72.8 Å². The van der Waals surface area contributed by atoms with E-state index in [0.717, 1.165) is 6.42 Å². The molecule has 1 aliphatic carbocycles. The van der Waals surface area contributed by atoms with Crippen LogP contribution in [0.25, 0.3) is 0 Å². The van der Waals surface area contributed by atoms with Crippen molar-refractivity contribution >= 4 is 8.32 Å². The van der Waals surface area contributed by atoms with Gasteiger partial charge < -0.3 is 4.43 Å². The lowest BCUT2D eigenvalue weighted by Crippen LogP contribution is -2.45. The highest BCUT2D eigenvalue weighted by atomic mass is 28.4. The average Bonchev–Trinajstić information content (AvgIpc) is 3.03. The lowest BCUT2D eigenvalue weighted by atomic mass is 9.79. The van der Waals surface area contributed by atoms with Crippen molar-refractivity contribution in [2.24, 2.45) is 5.92 Å². The molecular weight excluding hydrogens is 332 g/mol. The fourth-order valence-electron chi connectivity index (χ4n) is 3.62. The summed E-state index contributed by atoms with van der Waals surface area (Å²) in [4.78, 5) is 0. The minimum atomic E-state index is -1.80. The Balaban J connectivity index is 1.94. The molecule has 0 bridgehead atoms. The van der Waals surface area contributed by atoms with Crippen molar-refractivity contribution in [1.29, 1.82) is 0 Å². The van der Waals surface area contributed by atoms with Gasteiger partial charge in [0.15, 0.2) is 8.32 Å². The lowest BCUT2D eigenvalue weighted by molar-refractivity contribution is 0.143. The summed E-state index contributed by atoms with van der Waals surface area (Å²) in [6.45, 7) is 11.7. The Morgan fingerprint density at radius 2 is 1.38 bits per heavy atom. The van der Waals surface area contributed by atoms with E-state index in [1.807, 2.05) is 0 Å². The second kappa shape index (κ2) is 7.54. The van der Waals surface area contributed by atoms with Crippen LogP contribution in [-0.4, -0.2) is 14.4 Å². The SMILES string of the molecule is CC(C)(C)[Si](C)(C)OC1CC=CC1C(c1ccccc1)c1ccccc1. The minimum absolute atomic E-state index is 0.231. The molecule has 0 spiro atoms. The second-order valence-electron chi connectivity index (χ2n) is 8.96. The van der Waals surface area contributed by atoms with E-state index >= 15 is 0 Å². The maximum Gasteiger partial charge on any atom is 0.192 e. The van der Waals surface area contributed by atoms with Crippen molar-refractivity contribution in [3.05, 3.63) is 83.9 Å². The molecule has 2 heteroatoms. The van der Waals surface area contributed by atoms with Gasteiger partial charge in [0.2, 0.25) is 0 Å². The Labute approximate surface area is 160 Å². The number of hydrogen-bond acceptors (Lipinski definition) is 1. The van der Waals surface area contributed by atoms with E-state index in [0.29, 0.717) is 11.8 Å². The highest BCUT2D eigenvalue weighted by Crippen LogP contribution is 2.44. The molecule has 0 saturated carbocycles. The molecule has 26 heavy (non-hydrogen) atoms. The molecule has 2 unspecified atom stereocenters. The standard InChI is InChI=1S/C24H32OSi/c1-24(2,3)26(4,5)25-22-18-12-17-21(22)23(19-13-8-6-9-14-19)20-15-10-7-11-16-20/h6-17,21-23H,18H2,1-5H3. The third kappa shape index (κ3) is 4.02. The van der Waals surface area contributed by atoms with Crippen LogP contribution in [0.2, 0.25) is 18.1 Å². The molecule has 0 heterocycles. The first-order valence-electron chi connectivity index (χ1n) is 9.74. The van der Waals surface area contributed by atoms with Crippen LogP contribution < -0.4 is 0 Å². The van der Waals surface area contributed by atoms with Gasteiger partial charge in [-0.25, -0.2) is 0 Å². The summed E-state index contributed by atoms with van der Waals surface area (Å²) >= 11 is 0. The van der Waals surface area contributed by atoms with Gasteiger partial charge in [0.25, 0.3) is 0 Å². The fourth-order valence-corrected chi connectivity index (χ4v) is 4.98. The zero-order chi connectivity index (χ0) is 18.8. The van der Waals surface area contributed by atoms with E-state index in [9.17, 15) is 0 Å². The first-order valence-corrected chi connectivity index (χ1v) is 12.6. The Morgan fingerprint density at radius 3 is 1.85 bits per heavy atom. The van der Waals surface area contributed by atoms with Gasteiger partial charge in [-0.1, -0.05) is 93.6 Å². The van der Waals surface area contributed by atoms with Crippen molar-refractivity contribution in [2.75, 3.05) is 0 Å². The smallest absolute Gasteiger partial charge is 0.192 e. The summed E-state index contributed by atoms with van der Waals surface area (Å²) in [5.41, 5.74) is 2.75. The summed E-state index contributed by atoms with van der Waals surface area (Å²) in [7, 11) is -1.80. The predicted octanol–water partition coefficient (Wildman–Crippen LogP) is 6.79. The number of hydrogen-bond donors (Lipinski definition) is 0. The van der Waals surface area contributed by atoms with Crippen LogP contribution in [0, 0.1) is 5.92 Å². The van der Waals surface area contributed by atoms with Crippen molar-refractivity contribution in [1.82, 2.24) is 0 Å². The van der Waals surface area contributed by atoms with Gasteiger partial charge in [-0.05, 0) is 35.7 Å². The summed E-state index contributed by atoms with van der Waals surface area (Å²) in [5, 5.41) is 0.231. The minimum Gasteiger partial charge on any atom is -0.413 e. The van der Waals surface area contributed by atoms with E-state index in [2.05, 4.69) is 107 Å². The Morgan fingerprint density at radius 1 is 0.885 bits per heavy atom. The van der Waals surface area contributed by atoms with E-state index < -0.39 is 8.32 Å². The van der Waals surface area contributed by atoms with Crippen LogP contribution in [0.4, 0.5) is 0 Å². The molecule has 0 amide bonds. The number of benzene rings is 2. The molecule has 2 atom stereocenters. The maximum absolute atomic E-state index is 6.88. The topological polar surface area (TPSA) is 9.23 Å². The first-order chi connectivity index (χ1) is 12.3. The molecule has 2 aromatic rings. The Kier molecular flexibility index (Phi) is 5.54. The first kappa shape index (κ1) is 19.1. The summed E-state index contributed by atoms with van der Waals surface area (Å²) in [5.74, 6) is 0.722. The summed E-state index contributed by atoms with van der Waals surface area (Å²) in [6, 6.07) is 21.8. The van der Waals surface area contributed by atoms with Crippen LogP contribution in [-0.2, 0) is 4.43 Å². The van der Waals surface area contributed by atoms with Gasteiger partial charge in [0.05, 0.1) is 6.10 Å². The molecule has 3 rings (SSSR count). The summed E-state index contributed by atoms with van der Waals surface area (Å²) < 4.78 is 6.88. The van der Waals surface area contributed by atoms with Gasteiger partial charge >= 0.3 is 0 Å². The second-order valence-corrected chi connectivity index (χ2v) is 13.7. The van der Waals surface area contributed by atoms with E-state index in [1.165, 1.54) is 11.1 Å². The van der Waals surface area contributed by atoms with Crippen LogP contribution >= 0.6 is 0 Å². The molecule has 0 N–H and O–H groups in total. The van der Waals surface area contributed by atoms with E-state index in [1.54, 1.807) is 0 Å². The molecule has 0 aromatic heterocycles. The van der Waals surface area contributed by atoms with E-state index in [-0.39, 0.29) is 11.1 Å². The van der Waals surface area contributed by atoms with Gasteiger partial charge in [-0.15, -0.1) is 0 Å². The Hall–Kier alpha value is -1.64. The highest BCUT2D eigenvalue weighted by Gasteiger charge is 2.42. The van der Waals surface area contributed by atoms with Crippen LogP contribution in [0.3, 0.4) is 0 Å². The van der Waals surface area contributed by atoms with Crippen LogP contribution in [0.5, 0.6) is 0 Å². The van der Waals surface area contributed by atoms with Crippen molar-refractivity contribution < 1.29 is 4.43 Å². The molecule has 2 aromatic carbocycles. The van der Waals surface area contributed by atoms with Gasteiger partial charge in [0, 0.05) is 11.8 Å². The average molecular weight is 365 g/mol. The third-order valence-corrected chi connectivity index (χ3v) is 10.6. The van der Waals surface area contributed by atoms with Crippen molar-refractivity contribution in [3.8, 4) is 0 Å². The molecule has 1 nitrogen and oxygen atoms in total. The fraction of sp³-hybridized carbons (Fsp3) is 0.417. The quantitative estimate of drug-likeness (QED) is 0.419.